The van der Waals surface area contributed by atoms with Crippen LogP contribution in [0.15, 0.2) is 24.3 Å². The van der Waals surface area contributed by atoms with E-state index >= 15 is 0 Å². The molecule has 2 fully saturated rings. The van der Waals surface area contributed by atoms with Gasteiger partial charge in [-0.05, 0) is 48.6 Å². The summed E-state index contributed by atoms with van der Waals surface area (Å²) in [5.41, 5.74) is 2.88. The summed E-state index contributed by atoms with van der Waals surface area (Å²) >= 11 is 0. The van der Waals surface area contributed by atoms with Gasteiger partial charge in [0, 0.05) is 31.7 Å². The summed E-state index contributed by atoms with van der Waals surface area (Å²) in [7, 11) is -3.15. The molecule has 0 saturated carbocycles. The van der Waals surface area contributed by atoms with Crippen molar-refractivity contribution in [2.24, 2.45) is 11.8 Å². The number of benzene rings is 1. The summed E-state index contributed by atoms with van der Waals surface area (Å²) in [5.74, 6) is 0.958. The van der Waals surface area contributed by atoms with E-state index in [2.05, 4.69) is 29.2 Å². The molecule has 1 aromatic rings. The molecule has 0 N–H and O–H groups in total. The van der Waals surface area contributed by atoms with Gasteiger partial charge in [0.2, 0.25) is 10.0 Å². The molecule has 3 unspecified atom stereocenters. The smallest absolute Gasteiger partial charge is 0.214 e. The molecule has 0 bridgehead atoms. The fraction of sp³-hybridized carbons (Fsp3) is 0.700. The molecule has 3 heterocycles. The largest absolute Gasteiger partial charge is 0.296 e. The molecule has 4 nitrogen and oxygen atoms in total. The SMILES string of the molecule is CC(C)CS(=O)(=O)N1CCCC2CN3CCc4ccccc4C3CC21. The average Bonchev–Trinajstić information content (AvgIpc) is 2.58. The van der Waals surface area contributed by atoms with E-state index in [0.29, 0.717) is 18.5 Å². The van der Waals surface area contributed by atoms with E-state index in [1.807, 2.05) is 18.2 Å². The molecule has 3 atom stereocenters. The van der Waals surface area contributed by atoms with Crippen LogP contribution in [-0.4, -0.2) is 49.1 Å². The third-order valence-electron chi connectivity index (χ3n) is 6.23. The second-order valence-corrected chi connectivity index (χ2v) is 10.4. The van der Waals surface area contributed by atoms with E-state index in [-0.39, 0.29) is 17.7 Å². The Bertz CT molecular complexity index is 731. The van der Waals surface area contributed by atoms with E-state index in [9.17, 15) is 8.42 Å². The van der Waals surface area contributed by atoms with Gasteiger partial charge in [-0.3, -0.25) is 4.90 Å². The van der Waals surface area contributed by atoms with Gasteiger partial charge in [-0.15, -0.1) is 0 Å². The number of nitrogens with zero attached hydrogens (tertiary/aromatic N) is 2. The first-order chi connectivity index (χ1) is 12.0. The number of sulfonamides is 1. The Morgan fingerprint density at radius 2 is 2.00 bits per heavy atom. The normalized spacial score (nSPS) is 30.6. The van der Waals surface area contributed by atoms with Gasteiger partial charge in [0.1, 0.15) is 0 Å². The molecule has 0 aromatic heterocycles. The van der Waals surface area contributed by atoms with Crippen LogP contribution in [-0.2, 0) is 16.4 Å². The van der Waals surface area contributed by atoms with Crippen LogP contribution in [0.1, 0.15) is 50.3 Å². The van der Waals surface area contributed by atoms with Crippen molar-refractivity contribution in [3.8, 4) is 0 Å². The summed E-state index contributed by atoms with van der Waals surface area (Å²) in [5, 5.41) is 0. The highest BCUT2D eigenvalue weighted by Gasteiger charge is 2.45. The van der Waals surface area contributed by atoms with Crippen molar-refractivity contribution in [2.45, 2.75) is 51.6 Å². The summed E-state index contributed by atoms with van der Waals surface area (Å²) in [6.07, 6.45) is 4.26. The van der Waals surface area contributed by atoms with E-state index in [4.69, 9.17) is 0 Å². The molecule has 4 rings (SSSR count). The molecule has 0 radical (unpaired) electrons. The van der Waals surface area contributed by atoms with Gasteiger partial charge >= 0.3 is 0 Å². The van der Waals surface area contributed by atoms with Gasteiger partial charge in [0.05, 0.1) is 5.75 Å². The first-order valence-electron chi connectivity index (χ1n) is 9.77. The van der Waals surface area contributed by atoms with Crippen LogP contribution < -0.4 is 0 Å². The van der Waals surface area contributed by atoms with Crippen LogP contribution in [0.4, 0.5) is 0 Å². The maximum atomic E-state index is 13.0. The second-order valence-electron chi connectivity index (χ2n) is 8.45. The zero-order valence-corrected chi connectivity index (χ0v) is 16.2. The van der Waals surface area contributed by atoms with Crippen LogP contribution in [0, 0.1) is 11.8 Å². The number of piperidine rings is 2. The molecule has 3 aliphatic rings. The maximum absolute atomic E-state index is 13.0. The molecular weight excluding hydrogens is 332 g/mol. The van der Waals surface area contributed by atoms with Crippen molar-refractivity contribution in [3.63, 3.8) is 0 Å². The van der Waals surface area contributed by atoms with Crippen LogP contribution in [0.25, 0.3) is 0 Å². The first kappa shape index (κ1) is 17.5. The number of hydrogen-bond acceptors (Lipinski definition) is 3. The highest BCUT2D eigenvalue weighted by Crippen LogP contribution is 2.43. The number of hydrogen-bond donors (Lipinski definition) is 0. The number of rotatable bonds is 3. The van der Waals surface area contributed by atoms with Crippen LogP contribution >= 0.6 is 0 Å². The maximum Gasteiger partial charge on any atom is 0.214 e. The van der Waals surface area contributed by atoms with E-state index in [1.54, 1.807) is 0 Å². The summed E-state index contributed by atoms with van der Waals surface area (Å²) in [6.45, 7) is 6.88. The van der Waals surface area contributed by atoms with E-state index in [0.717, 1.165) is 32.4 Å². The average molecular weight is 363 g/mol. The minimum absolute atomic E-state index is 0.181. The molecule has 1 aromatic carbocycles. The molecule has 2 saturated heterocycles. The van der Waals surface area contributed by atoms with E-state index < -0.39 is 10.0 Å². The van der Waals surface area contributed by atoms with Crippen LogP contribution in [0.3, 0.4) is 0 Å². The van der Waals surface area contributed by atoms with Gasteiger partial charge in [0.15, 0.2) is 0 Å². The van der Waals surface area contributed by atoms with E-state index in [1.165, 1.54) is 17.5 Å². The standard InChI is InChI=1S/C20H30N2O2S/c1-15(2)14-25(23,24)22-10-5-7-17-13-21-11-9-16-6-3-4-8-18(16)20(21)12-19(17)22/h3-4,6,8,15,17,19-20H,5,7,9-14H2,1-2H3. The lowest BCUT2D eigenvalue weighted by Crippen LogP contribution is -2.57. The third-order valence-corrected chi connectivity index (χ3v) is 8.48. The van der Waals surface area contributed by atoms with Crippen LogP contribution in [0.5, 0.6) is 0 Å². The Kier molecular flexibility index (Phi) is 4.67. The van der Waals surface area contributed by atoms with Crippen molar-refractivity contribution in [3.05, 3.63) is 35.4 Å². The molecule has 5 heteroatoms. The third kappa shape index (κ3) is 3.26. The van der Waals surface area contributed by atoms with Gasteiger partial charge in [0.25, 0.3) is 0 Å². The molecule has 0 amide bonds. The highest BCUT2D eigenvalue weighted by atomic mass is 32.2. The Morgan fingerprint density at radius 1 is 1.20 bits per heavy atom. The van der Waals surface area contributed by atoms with Crippen molar-refractivity contribution >= 4 is 10.0 Å². The first-order valence-corrected chi connectivity index (χ1v) is 11.4. The van der Waals surface area contributed by atoms with Crippen molar-refractivity contribution in [1.29, 1.82) is 0 Å². The minimum atomic E-state index is -3.15. The number of fused-ring (bicyclic) bond motifs is 4. The predicted octanol–water partition coefficient (Wildman–Crippen LogP) is 3.06. The Balaban J connectivity index is 1.63. The van der Waals surface area contributed by atoms with Gasteiger partial charge < -0.3 is 0 Å². The molecular formula is C20H30N2O2S. The quantitative estimate of drug-likeness (QED) is 0.830. The lowest BCUT2D eigenvalue weighted by atomic mass is 9.77. The van der Waals surface area contributed by atoms with Crippen LogP contribution in [0.2, 0.25) is 0 Å². The Morgan fingerprint density at radius 3 is 2.80 bits per heavy atom. The zero-order valence-electron chi connectivity index (χ0n) is 15.4. The second kappa shape index (κ2) is 6.67. The van der Waals surface area contributed by atoms with Crippen molar-refractivity contribution in [2.75, 3.05) is 25.4 Å². The molecule has 3 aliphatic heterocycles. The zero-order chi connectivity index (χ0) is 17.6. The summed E-state index contributed by atoms with van der Waals surface area (Å²) in [4.78, 5) is 2.61. The van der Waals surface area contributed by atoms with Crippen molar-refractivity contribution in [1.82, 2.24) is 9.21 Å². The van der Waals surface area contributed by atoms with Gasteiger partial charge in [-0.2, -0.15) is 4.31 Å². The molecule has 25 heavy (non-hydrogen) atoms. The lowest BCUT2D eigenvalue weighted by molar-refractivity contribution is 0.0219. The molecule has 0 aliphatic carbocycles. The fourth-order valence-electron chi connectivity index (χ4n) is 5.22. The monoisotopic (exact) mass is 362 g/mol. The molecule has 138 valence electrons. The topological polar surface area (TPSA) is 40.6 Å². The lowest BCUT2D eigenvalue weighted by Gasteiger charge is -2.51. The highest BCUT2D eigenvalue weighted by molar-refractivity contribution is 7.89. The van der Waals surface area contributed by atoms with Gasteiger partial charge in [-0.25, -0.2) is 8.42 Å². The van der Waals surface area contributed by atoms with Crippen molar-refractivity contribution < 1.29 is 8.42 Å². The summed E-state index contributed by atoms with van der Waals surface area (Å²) < 4.78 is 27.8. The minimum Gasteiger partial charge on any atom is -0.296 e. The predicted molar refractivity (Wildman–Crippen MR) is 101 cm³/mol. The summed E-state index contributed by atoms with van der Waals surface area (Å²) in [6, 6.07) is 9.32. The Labute approximate surface area is 152 Å². The fourth-order valence-corrected chi connectivity index (χ4v) is 7.33. The Hall–Kier alpha value is -0.910. The molecule has 0 spiro atoms. The van der Waals surface area contributed by atoms with Gasteiger partial charge in [-0.1, -0.05) is 38.1 Å².